The van der Waals surface area contributed by atoms with E-state index < -0.39 is 6.10 Å². The summed E-state index contributed by atoms with van der Waals surface area (Å²) in [5.41, 5.74) is 2.09. The van der Waals surface area contributed by atoms with Gasteiger partial charge in [0.15, 0.2) is 0 Å². The van der Waals surface area contributed by atoms with Gasteiger partial charge in [-0.05, 0) is 31.4 Å². The maximum atomic E-state index is 10.8. The van der Waals surface area contributed by atoms with Crippen LogP contribution in [0.15, 0.2) is 18.2 Å². The summed E-state index contributed by atoms with van der Waals surface area (Å²) in [5, 5.41) is 14.2. The van der Waals surface area contributed by atoms with Crippen molar-refractivity contribution in [3.05, 3.63) is 29.3 Å². The SMILES string of the molecule is CCCOc1ccc(C)cc1C(O)C(C)CN1CCNCC1. The molecule has 2 N–H and O–H groups in total. The lowest BCUT2D eigenvalue weighted by molar-refractivity contribution is 0.0814. The Balaban J connectivity index is 2.05. The number of nitrogens with zero attached hydrogens (tertiary/aromatic N) is 1. The molecule has 0 bridgehead atoms. The van der Waals surface area contributed by atoms with Crippen molar-refractivity contribution < 1.29 is 9.84 Å². The van der Waals surface area contributed by atoms with Gasteiger partial charge in [-0.25, -0.2) is 0 Å². The number of hydrogen-bond donors (Lipinski definition) is 2. The molecule has 1 aromatic carbocycles. The van der Waals surface area contributed by atoms with Gasteiger partial charge in [-0.1, -0.05) is 25.5 Å². The summed E-state index contributed by atoms with van der Waals surface area (Å²) < 4.78 is 5.82. The summed E-state index contributed by atoms with van der Waals surface area (Å²) >= 11 is 0. The Hall–Kier alpha value is -1.10. The van der Waals surface area contributed by atoms with Crippen LogP contribution in [0.2, 0.25) is 0 Å². The molecule has 4 heteroatoms. The van der Waals surface area contributed by atoms with E-state index in [1.54, 1.807) is 0 Å². The summed E-state index contributed by atoms with van der Waals surface area (Å²) in [4.78, 5) is 2.42. The van der Waals surface area contributed by atoms with Crippen LogP contribution in [0.25, 0.3) is 0 Å². The van der Waals surface area contributed by atoms with Crippen molar-refractivity contribution in [2.24, 2.45) is 5.92 Å². The van der Waals surface area contributed by atoms with E-state index in [2.05, 4.69) is 37.1 Å². The zero-order chi connectivity index (χ0) is 15.9. The second-order valence-electron chi connectivity index (χ2n) is 6.36. The van der Waals surface area contributed by atoms with E-state index in [0.29, 0.717) is 6.61 Å². The van der Waals surface area contributed by atoms with Gasteiger partial charge < -0.3 is 20.1 Å². The lowest BCUT2D eigenvalue weighted by atomic mass is 9.94. The van der Waals surface area contributed by atoms with Gasteiger partial charge in [0.1, 0.15) is 5.75 Å². The lowest BCUT2D eigenvalue weighted by Gasteiger charge is -2.31. The molecule has 1 fully saturated rings. The standard InChI is InChI=1S/C18H30N2O2/c1-4-11-22-17-6-5-14(2)12-16(17)18(21)15(3)13-20-9-7-19-8-10-20/h5-6,12,15,18-19,21H,4,7-11,13H2,1-3H3. The fourth-order valence-corrected chi connectivity index (χ4v) is 2.95. The second-order valence-corrected chi connectivity index (χ2v) is 6.36. The van der Waals surface area contributed by atoms with Crippen molar-refractivity contribution in [1.29, 1.82) is 0 Å². The molecule has 2 rings (SSSR count). The fourth-order valence-electron chi connectivity index (χ4n) is 2.95. The van der Waals surface area contributed by atoms with Crippen molar-refractivity contribution in [1.82, 2.24) is 10.2 Å². The van der Waals surface area contributed by atoms with Crippen LogP contribution in [0.5, 0.6) is 5.75 Å². The molecule has 1 aliphatic heterocycles. The van der Waals surface area contributed by atoms with Crippen LogP contribution < -0.4 is 10.1 Å². The maximum absolute atomic E-state index is 10.8. The highest BCUT2D eigenvalue weighted by atomic mass is 16.5. The average molecular weight is 306 g/mol. The molecule has 0 spiro atoms. The van der Waals surface area contributed by atoms with Gasteiger partial charge in [-0.3, -0.25) is 0 Å². The third kappa shape index (κ3) is 4.70. The topological polar surface area (TPSA) is 44.7 Å². The number of aliphatic hydroxyl groups excluding tert-OH is 1. The largest absolute Gasteiger partial charge is 0.493 e. The number of piperazine rings is 1. The predicted octanol–water partition coefficient (Wildman–Crippen LogP) is 2.36. The smallest absolute Gasteiger partial charge is 0.125 e. The summed E-state index contributed by atoms with van der Waals surface area (Å²) in [5.74, 6) is 1.01. The van der Waals surface area contributed by atoms with Crippen LogP contribution in [0.4, 0.5) is 0 Å². The monoisotopic (exact) mass is 306 g/mol. The van der Waals surface area contributed by atoms with Gasteiger partial charge in [0.2, 0.25) is 0 Å². The molecule has 1 aromatic rings. The number of rotatable bonds is 7. The van der Waals surface area contributed by atoms with Crippen LogP contribution in [-0.2, 0) is 0 Å². The summed E-state index contributed by atoms with van der Waals surface area (Å²) in [6.45, 7) is 12.1. The minimum absolute atomic E-state index is 0.184. The minimum atomic E-state index is -0.485. The molecule has 0 radical (unpaired) electrons. The number of hydrogen-bond acceptors (Lipinski definition) is 4. The van der Waals surface area contributed by atoms with E-state index in [9.17, 15) is 5.11 Å². The first-order valence-corrected chi connectivity index (χ1v) is 8.46. The highest BCUT2D eigenvalue weighted by molar-refractivity contribution is 5.38. The highest BCUT2D eigenvalue weighted by Crippen LogP contribution is 2.31. The van der Waals surface area contributed by atoms with E-state index in [4.69, 9.17) is 4.74 Å². The van der Waals surface area contributed by atoms with Crippen LogP contribution in [-0.4, -0.2) is 49.3 Å². The Kier molecular flexibility index (Phi) is 6.68. The summed E-state index contributed by atoms with van der Waals surface area (Å²) in [6, 6.07) is 6.09. The Morgan fingerprint density at radius 2 is 2.05 bits per heavy atom. The maximum Gasteiger partial charge on any atom is 0.125 e. The first-order valence-electron chi connectivity index (χ1n) is 8.46. The van der Waals surface area contributed by atoms with Crippen molar-refractivity contribution >= 4 is 0 Å². The number of benzene rings is 1. The van der Waals surface area contributed by atoms with Crippen molar-refractivity contribution in [2.75, 3.05) is 39.3 Å². The van der Waals surface area contributed by atoms with E-state index >= 15 is 0 Å². The Morgan fingerprint density at radius 1 is 1.32 bits per heavy atom. The fraction of sp³-hybridized carbons (Fsp3) is 0.667. The third-order valence-corrected chi connectivity index (χ3v) is 4.24. The lowest BCUT2D eigenvalue weighted by Crippen LogP contribution is -2.45. The van der Waals surface area contributed by atoms with Gasteiger partial charge in [0, 0.05) is 38.3 Å². The van der Waals surface area contributed by atoms with Crippen LogP contribution in [0, 0.1) is 12.8 Å². The molecule has 1 aliphatic rings. The molecule has 2 unspecified atom stereocenters. The molecule has 2 atom stereocenters. The molecular weight excluding hydrogens is 276 g/mol. The van der Waals surface area contributed by atoms with Gasteiger partial charge in [-0.15, -0.1) is 0 Å². The predicted molar refractivity (Wildman–Crippen MR) is 90.4 cm³/mol. The van der Waals surface area contributed by atoms with Gasteiger partial charge in [0.05, 0.1) is 12.7 Å². The van der Waals surface area contributed by atoms with Crippen molar-refractivity contribution in [2.45, 2.75) is 33.3 Å². The number of nitrogens with one attached hydrogen (secondary N) is 1. The molecular formula is C18H30N2O2. The highest BCUT2D eigenvalue weighted by Gasteiger charge is 2.23. The minimum Gasteiger partial charge on any atom is -0.493 e. The third-order valence-electron chi connectivity index (χ3n) is 4.24. The first kappa shape index (κ1) is 17.3. The molecule has 0 aromatic heterocycles. The molecule has 1 saturated heterocycles. The number of ether oxygens (including phenoxy) is 1. The van der Waals surface area contributed by atoms with Gasteiger partial charge in [-0.2, -0.15) is 0 Å². The van der Waals surface area contributed by atoms with Crippen molar-refractivity contribution in [3.63, 3.8) is 0 Å². The van der Waals surface area contributed by atoms with Gasteiger partial charge >= 0.3 is 0 Å². The normalized spacial score (nSPS) is 18.9. The Morgan fingerprint density at radius 3 is 2.73 bits per heavy atom. The molecule has 124 valence electrons. The van der Waals surface area contributed by atoms with E-state index in [1.165, 1.54) is 0 Å². The average Bonchev–Trinajstić information content (AvgIpc) is 2.54. The molecule has 22 heavy (non-hydrogen) atoms. The van der Waals surface area contributed by atoms with Crippen LogP contribution in [0.3, 0.4) is 0 Å². The molecule has 0 saturated carbocycles. The summed E-state index contributed by atoms with van der Waals surface area (Å²) in [7, 11) is 0. The molecule has 1 heterocycles. The van der Waals surface area contributed by atoms with Crippen LogP contribution >= 0.6 is 0 Å². The first-order chi connectivity index (χ1) is 10.6. The Bertz CT molecular complexity index is 458. The quantitative estimate of drug-likeness (QED) is 0.812. The second kappa shape index (κ2) is 8.51. The van der Waals surface area contributed by atoms with E-state index in [-0.39, 0.29) is 5.92 Å². The molecule has 4 nitrogen and oxygen atoms in total. The summed E-state index contributed by atoms with van der Waals surface area (Å²) in [6.07, 6.45) is 0.487. The zero-order valence-corrected chi connectivity index (χ0v) is 14.1. The van der Waals surface area contributed by atoms with Crippen LogP contribution in [0.1, 0.15) is 37.5 Å². The number of aryl methyl sites for hydroxylation is 1. The zero-order valence-electron chi connectivity index (χ0n) is 14.1. The van der Waals surface area contributed by atoms with E-state index in [0.717, 1.165) is 56.0 Å². The van der Waals surface area contributed by atoms with Crippen molar-refractivity contribution in [3.8, 4) is 5.75 Å². The molecule has 0 aliphatic carbocycles. The number of aliphatic hydroxyl groups is 1. The van der Waals surface area contributed by atoms with Gasteiger partial charge in [0.25, 0.3) is 0 Å². The van der Waals surface area contributed by atoms with E-state index in [1.807, 2.05) is 12.1 Å². The molecule has 0 amide bonds. The Labute approximate surface area is 134 Å².